The summed E-state index contributed by atoms with van der Waals surface area (Å²) in [6, 6.07) is 11.4. The van der Waals surface area contributed by atoms with Crippen LogP contribution in [0.1, 0.15) is 56.6 Å². The molecule has 1 atom stereocenters. The van der Waals surface area contributed by atoms with E-state index >= 15 is 0 Å². The minimum absolute atomic E-state index is 0.0134. The number of hydrogen-bond acceptors (Lipinski definition) is 5. The Kier molecular flexibility index (Phi) is 6.77. The summed E-state index contributed by atoms with van der Waals surface area (Å²) in [5.41, 5.74) is 2.38. The van der Waals surface area contributed by atoms with Gasteiger partial charge in [0.15, 0.2) is 5.65 Å². The number of rotatable bonds is 6. The van der Waals surface area contributed by atoms with Gasteiger partial charge >= 0.3 is 6.18 Å². The van der Waals surface area contributed by atoms with Crippen LogP contribution in [-0.2, 0) is 17.4 Å². The molecule has 7 nitrogen and oxygen atoms in total. The summed E-state index contributed by atoms with van der Waals surface area (Å²) >= 11 is 0. The number of fused-ring (bicyclic) bond motifs is 1. The molecule has 34 heavy (non-hydrogen) atoms. The number of amides is 1. The van der Waals surface area contributed by atoms with Crippen LogP contribution in [-0.4, -0.2) is 38.8 Å². The predicted octanol–water partition coefficient (Wildman–Crippen LogP) is 4.44. The molecule has 4 rings (SSSR count). The number of hydrogen-bond donors (Lipinski definition) is 1. The van der Waals surface area contributed by atoms with E-state index in [1.54, 1.807) is 6.07 Å². The third kappa shape index (κ3) is 5.00. The lowest BCUT2D eigenvalue weighted by atomic mass is 9.91. The Morgan fingerprint density at radius 2 is 1.76 bits per heavy atom. The maximum absolute atomic E-state index is 13.2. The summed E-state index contributed by atoms with van der Waals surface area (Å²) in [6.45, 7) is 7.33. The molecule has 1 aliphatic heterocycles. The van der Waals surface area contributed by atoms with Crippen LogP contribution >= 0.6 is 0 Å². The molecule has 10 heteroatoms. The average molecular weight is 475 g/mol. The molecular formula is C24H29F3N6O. The minimum atomic E-state index is -4.64. The Balaban J connectivity index is 1.41. The zero-order chi connectivity index (χ0) is 24.5. The number of aromatic nitrogens is 4. The Bertz CT molecular complexity index is 1130. The van der Waals surface area contributed by atoms with E-state index in [0.29, 0.717) is 31.7 Å². The van der Waals surface area contributed by atoms with E-state index in [0.717, 1.165) is 16.5 Å². The van der Waals surface area contributed by atoms with Crippen molar-refractivity contribution in [1.29, 1.82) is 0 Å². The number of carbonyl (C=O) groups excluding carboxylic acids is 1. The number of nitrogens with zero attached hydrogens (tertiary/aromatic N) is 5. The second kappa shape index (κ2) is 9.60. The molecule has 182 valence electrons. The van der Waals surface area contributed by atoms with Crippen LogP contribution in [0.15, 0.2) is 36.4 Å². The highest BCUT2D eigenvalue weighted by Crippen LogP contribution is 2.29. The van der Waals surface area contributed by atoms with Gasteiger partial charge in [-0.3, -0.25) is 4.79 Å². The van der Waals surface area contributed by atoms with E-state index in [1.807, 2.05) is 4.90 Å². The molecule has 1 aromatic carbocycles. The van der Waals surface area contributed by atoms with Gasteiger partial charge in [-0.1, -0.05) is 45.0 Å². The van der Waals surface area contributed by atoms with Crippen LogP contribution < -0.4 is 10.2 Å². The van der Waals surface area contributed by atoms with Gasteiger partial charge in [0.05, 0.1) is 6.04 Å². The van der Waals surface area contributed by atoms with Crippen molar-refractivity contribution < 1.29 is 18.0 Å². The number of benzene rings is 1. The van der Waals surface area contributed by atoms with Gasteiger partial charge in [0, 0.05) is 19.0 Å². The largest absolute Gasteiger partial charge is 0.453 e. The molecule has 1 amide bonds. The first-order valence-corrected chi connectivity index (χ1v) is 11.6. The lowest BCUT2D eigenvalue weighted by molar-refractivity contribution is -0.146. The summed E-state index contributed by atoms with van der Waals surface area (Å²) in [5.74, 6) is -0.645. The zero-order valence-corrected chi connectivity index (χ0v) is 19.5. The number of aryl methyl sites for hydroxylation is 1. The molecule has 0 unspecified atom stereocenters. The molecule has 0 bridgehead atoms. The fraction of sp³-hybridized carbons (Fsp3) is 0.500. The molecule has 3 heterocycles. The van der Waals surface area contributed by atoms with Crippen LogP contribution in [0, 0.1) is 11.8 Å². The van der Waals surface area contributed by atoms with Gasteiger partial charge in [-0.15, -0.1) is 15.3 Å². The molecule has 2 aromatic heterocycles. The molecule has 1 N–H and O–H groups in total. The predicted molar refractivity (Wildman–Crippen MR) is 122 cm³/mol. The summed E-state index contributed by atoms with van der Waals surface area (Å²) in [6.07, 6.45) is -2.48. The molecular weight excluding hydrogens is 445 g/mol. The molecule has 0 radical (unpaired) electrons. The molecule has 0 spiro atoms. The fourth-order valence-corrected chi connectivity index (χ4v) is 4.36. The van der Waals surface area contributed by atoms with Crippen LogP contribution in [0.2, 0.25) is 0 Å². The Morgan fingerprint density at radius 3 is 2.35 bits per heavy atom. The number of anilines is 1. The second-order valence-corrected chi connectivity index (χ2v) is 9.07. The number of alkyl halides is 3. The maximum Gasteiger partial charge on any atom is 0.453 e. The average Bonchev–Trinajstić information content (AvgIpc) is 3.26. The van der Waals surface area contributed by atoms with Gasteiger partial charge in [0.1, 0.15) is 5.82 Å². The standard InChI is InChI=1S/C24H29F3N6O/c1-4-16-5-7-17(8-6-16)21(15(2)3)28-22(34)18-11-13-32(14-12-18)20-10-9-19-29-30-23(24(25,26)27)33(19)31-20/h5-10,15,18,21H,4,11-14H2,1-3H3,(H,28,34)/t21-/m0/s1. The van der Waals surface area contributed by atoms with Gasteiger partial charge in [-0.05, 0) is 48.4 Å². The van der Waals surface area contributed by atoms with Crippen molar-refractivity contribution in [3.8, 4) is 0 Å². The van der Waals surface area contributed by atoms with E-state index in [2.05, 4.69) is 65.6 Å². The Hall–Kier alpha value is -3.17. The van der Waals surface area contributed by atoms with Crippen molar-refractivity contribution in [2.45, 2.75) is 52.3 Å². The fourth-order valence-electron chi connectivity index (χ4n) is 4.36. The maximum atomic E-state index is 13.2. The normalized spacial score (nSPS) is 16.3. The van der Waals surface area contributed by atoms with Crippen LogP contribution in [0.5, 0.6) is 0 Å². The molecule has 1 fully saturated rings. The highest BCUT2D eigenvalue weighted by Gasteiger charge is 2.38. The summed E-state index contributed by atoms with van der Waals surface area (Å²) < 4.78 is 40.2. The first-order valence-electron chi connectivity index (χ1n) is 11.6. The van der Waals surface area contributed by atoms with E-state index < -0.39 is 12.0 Å². The molecule has 1 saturated heterocycles. The third-order valence-electron chi connectivity index (χ3n) is 6.40. The smallest absolute Gasteiger partial charge is 0.355 e. The summed E-state index contributed by atoms with van der Waals surface area (Å²) in [5, 5.41) is 14.1. The van der Waals surface area contributed by atoms with Gasteiger partial charge in [-0.2, -0.15) is 17.7 Å². The first-order chi connectivity index (χ1) is 16.2. The Labute approximate surface area is 196 Å². The van der Waals surface area contributed by atoms with E-state index in [-0.39, 0.29) is 29.4 Å². The summed E-state index contributed by atoms with van der Waals surface area (Å²) in [7, 11) is 0. The van der Waals surface area contributed by atoms with Crippen molar-refractivity contribution in [1.82, 2.24) is 25.1 Å². The highest BCUT2D eigenvalue weighted by atomic mass is 19.4. The third-order valence-corrected chi connectivity index (χ3v) is 6.40. The molecule has 0 saturated carbocycles. The number of nitrogens with one attached hydrogen (secondary N) is 1. The van der Waals surface area contributed by atoms with Crippen LogP contribution in [0.25, 0.3) is 5.65 Å². The van der Waals surface area contributed by atoms with Crippen LogP contribution in [0.4, 0.5) is 19.0 Å². The van der Waals surface area contributed by atoms with Crippen molar-refractivity contribution in [3.63, 3.8) is 0 Å². The van der Waals surface area contributed by atoms with Crippen molar-refractivity contribution in [2.75, 3.05) is 18.0 Å². The minimum Gasteiger partial charge on any atom is -0.355 e. The highest BCUT2D eigenvalue weighted by molar-refractivity contribution is 5.79. The molecule has 3 aromatic rings. The number of carbonyl (C=O) groups is 1. The lowest BCUT2D eigenvalue weighted by Gasteiger charge is -2.33. The van der Waals surface area contributed by atoms with Crippen LogP contribution in [0.3, 0.4) is 0 Å². The molecule has 0 aliphatic carbocycles. The quantitative estimate of drug-likeness (QED) is 0.572. The molecule has 1 aliphatic rings. The van der Waals surface area contributed by atoms with Crippen molar-refractivity contribution in [2.24, 2.45) is 11.8 Å². The first kappa shape index (κ1) is 24.0. The van der Waals surface area contributed by atoms with Gasteiger partial charge in [-0.25, -0.2) is 0 Å². The number of piperidine rings is 1. The van der Waals surface area contributed by atoms with E-state index in [4.69, 9.17) is 0 Å². The second-order valence-electron chi connectivity index (χ2n) is 9.07. The van der Waals surface area contributed by atoms with Crippen molar-refractivity contribution in [3.05, 3.63) is 53.3 Å². The van der Waals surface area contributed by atoms with Gasteiger partial charge < -0.3 is 10.2 Å². The summed E-state index contributed by atoms with van der Waals surface area (Å²) in [4.78, 5) is 15.0. The van der Waals surface area contributed by atoms with Gasteiger partial charge in [0.2, 0.25) is 5.91 Å². The lowest BCUT2D eigenvalue weighted by Crippen LogP contribution is -2.42. The monoisotopic (exact) mass is 474 g/mol. The number of halogens is 3. The SMILES string of the molecule is CCc1ccc([C@@H](NC(=O)C2CCN(c3ccc4nnc(C(F)(F)F)n4n3)CC2)C(C)C)cc1. The topological polar surface area (TPSA) is 75.4 Å². The zero-order valence-electron chi connectivity index (χ0n) is 19.5. The van der Waals surface area contributed by atoms with E-state index in [1.165, 1.54) is 11.6 Å². The van der Waals surface area contributed by atoms with Gasteiger partial charge in [0.25, 0.3) is 5.82 Å². The Morgan fingerprint density at radius 1 is 1.09 bits per heavy atom. The van der Waals surface area contributed by atoms with Crippen molar-refractivity contribution >= 4 is 17.4 Å². The van der Waals surface area contributed by atoms with E-state index in [9.17, 15) is 18.0 Å².